The molecule has 1 aliphatic rings. The number of hydrogen-bond acceptors (Lipinski definition) is 6. The van der Waals surface area contributed by atoms with Crippen molar-refractivity contribution in [3.63, 3.8) is 0 Å². The second-order valence-corrected chi connectivity index (χ2v) is 9.81. The van der Waals surface area contributed by atoms with Gasteiger partial charge in [0.1, 0.15) is 5.82 Å². The van der Waals surface area contributed by atoms with Crippen LogP contribution < -0.4 is 10.6 Å². The van der Waals surface area contributed by atoms with Crippen LogP contribution in [0.3, 0.4) is 0 Å². The van der Waals surface area contributed by atoms with Crippen LogP contribution in [0, 0.1) is 16.6 Å². The van der Waals surface area contributed by atoms with Crippen molar-refractivity contribution in [2.75, 3.05) is 14.1 Å². The zero-order chi connectivity index (χ0) is 22.9. The van der Waals surface area contributed by atoms with Gasteiger partial charge in [-0.3, -0.25) is 5.41 Å². The van der Waals surface area contributed by atoms with Gasteiger partial charge in [0.05, 0.1) is 11.4 Å². The Morgan fingerprint density at radius 3 is 2.27 bits per heavy atom. The van der Waals surface area contributed by atoms with Crippen molar-refractivity contribution in [1.29, 1.82) is 10.8 Å². The van der Waals surface area contributed by atoms with E-state index >= 15 is 0 Å². The number of piperidine rings is 1. The summed E-state index contributed by atoms with van der Waals surface area (Å²) in [5, 5.41) is 20.9. The van der Waals surface area contributed by atoms with E-state index in [2.05, 4.69) is 50.0 Å². The number of nitrogens with one attached hydrogen (secondary N) is 4. The van der Waals surface area contributed by atoms with E-state index in [-0.39, 0.29) is 16.9 Å². The molecule has 6 nitrogen and oxygen atoms in total. The predicted molar refractivity (Wildman–Crippen MR) is 127 cm³/mol. The molecule has 0 aliphatic carbocycles. The predicted octanol–water partition coefficient (Wildman–Crippen LogP) is 4.48. The maximum Gasteiger partial charge on any atom is 0.135 e. The summed E-state index contributed by atoms with van der Waals surface area (Å²) in [6, 6.07) is 4.98. The first-order valence-electron chi connectivity index (χ1n) is 9.83. The quantitative estimate of drug-likeness (QED) is 0.423. The van der Waals surface area contributed by atoms with E-state index in [4.69, 9.17) is 10.8 Å². The second-order valence-electron chi connectivity index (χ2n) is 8.50. The lowest BCUT2D eigenvalue weighted by Gasteiger charge is -2.46. The highest BCUT2D eigenvalue weighted by Crippen LogP contribution is 2.37. The van der Waals surface area contributed by atoms with E-state index in [1.165, 1.54) is 17.8 Å². The molecule has 0 amide bonds. The maximum absolute atomic E-state index is 14.6. The molecule has 4 N–H and O–H groups in total. The van der Waals surface area contributed by atoms with Gasteiger partial charge in [0, 0.05) is 40.0 Å². The van der Waals surface area contributed by atoms with Crippen LogP contribution in [0.1, 0.15) is 46.1 Å². The summed E-state index contributed by atoms with van der Waals surface area (Å²) in [6.07, 6.45) is 6.97. The molecule has 2 aromatic rings. The average Bonchev–Trinajstić information content (AvgIpc) is 3.15. The van der Waals surface area contributed by atoms with Crippen LogP contribution in [0.2, 0.25) is 0 Å². The van der Waals surface area contributed by atoms with Crippen molar-refractivity contribution in [2.24, 2.45) is 0 Å². The van der Waals surface area contributed by atoms with Crippen molar-refractivity contribution in [1.82, 2.24) is 20.2 Å². The van der Waals surface area contributed by atoms with Crippen molar-refractivity contribution >= 4 is 23.5 Å². The van der Waals surface area contributed by atoms with Crippen LogP contribution >= 0.6 is 11.8 Å². The Balaban J connectivity index is 0.000000826. The van der Waals surface area contributed by atoms with Gasteiger partial charge in [-0.05, 0) is 79.5 Å². The molecule has 0 saturated carbocycles. The molecule has 0 unspecified atom stereocenters. The molecule has 1 fully saturated rings. The number of hydrogen-bond donors (Lipinski definition) is 4. The first kappa shape index (κ1) is 26.0. The first-order valence-corrected chi connectivity index (χ1v) is 10.7. The summed E-state index contributed by atoms with van der Waals surface area (Å²) in [6.45, 7) is 11.2. The highest BCUT2D eigenvalue weighted by atomic mass is 32.2. The van der Waals surface area contributed by atoms with Gasteiger partial charge in [-0.1, -0.05) is 0 Å². The molecular formula is C22H35FN6S. The number of nitrogens with zero attached hydrogens (tertiary/aromatic N) is 2. The molecule has 3 rings (SSSR count). The molecule has 1 aromatic carbocycles. The molecular weight excluding hydrogens is 399 g/mol. The summed E-state index contributed by atoms with van der Waals surface area (Å²) in [5.41, 5.74) is 1.11. The third-order valence-electron chi connectivity index (χ3n) is 4.44. The summed E-state index contributed by atoms with van der Waals surface area (Å²) in [4.78, 5) is 3.98. The fourth-order valence-corrected chi connectivity index (χ4v) is 5.43. The van der Waals surface area contributed by atoms with E-state index in [1.54, 1.807) is 29.4 Å². The standard InChI is InChI=1S/C19H25FN4S.C2H7N.CH3N/c1-18(2)10-14(11-19(3,4)23-18)25-17(21)15-6-5-13(9-16(15)20)24-8-7-22-12-24;1-3-2;1-2/h5-9,12,14,21,23H,10-11H2,1-4H3;3H,1-2H3;2H,1H2. The number of benzene rings is 1. The van der Waals surface area contributed by atoms with Crippen LogP contribution in [0.15, 0.2) is 36.9 Å². The Labute approximate surface area is 184 Å². The van der Waals surface area contributed by atoms with E-state index in [9.17, 15) is 4.39 Å². The molecule has 1 saturated heterocycles. The third-order valence-corrected chi connectivity index (χ3v) is 5.56. The van der Waals surface area contributed by atoms with Gasteiger partial charge >= 0.3 is 0 Å². The number of halogens is 1. The molecule has 30 heavy (non-hydrogen) atoms. The normalized spacial score (nSPS) is 17.2. The number of rotatable bonds is 3. The summed E-state index contributed by atoms with van der Waals surface area (Å²) in [7, 11) is 3.75. The molecule has 0 bridgehead atoms. The number of aromatic nitrogens is 2. The number of thioether (sulfide) groups is 1. The minimum Gasteiger partial charge on any atom is -0.323 e. The van der Waals surface area contributed by atoms with Crippen LogP contribution in [-0.2, 0) is 0 Å². The van der Waals surface area contributed by atoms with Crippen molar-refractivity contribution in [3.05, 3.63) is 48.3 Å². The lowest BCUT2D eigenvalue weighted by molar-refractivity contribution is 0.189. The van der Waals surface area contributed by atoms with E-state index in [1.807, 2.05) is 20.2 Å². The molecule has 0 atom stereocenters. The summed E-state index contributed by atoms with van der Waals surface area (Å²) >= 11 is 1.48. The van der Waals surface area contributed by atoms with Gasteiger partial charge in [0.15, 0.2) is 0 Å². The monoisotopic (exact) mass is 434 g/mol. The Hall–Kier alpha value is -2.03. The molecule has 1 aliphatic heterocycles. The Kier molecular flexibility index (Phi) is 9.87. The van der Waals surface area contributed by atoms with Crippen molar-refractivity contribution < 1.29 is 4.39 Å². The van der Waals surface area contributed by atoms with Gasteiger partial charge in [0.25, 0.3) is 0 Å². The topological polar surface area (TPSA) is 89.6 Å². The molecule has 1 aromatic heterocycles. The molecule has 166 valence electrons. The lowest BCUT2D eigenvalue weighted by atomic mass is 9.82. The second kappa shape index (κ2) is 11.4. The van der Waals surface area contributed by atoms with Gasteiger partial charge < -0.3 is 20.6 Å². The minimum atomic E-state index is -0.365. The zero-order valence-corrected chi connectivity index (χ0v) is 19.7. The zero-order valence-electron chi connectivity index (χ0n) is 18.8. The highest BCUT2D eigenvalue weighted by molar-refractivity contribution is 8.14. The molecule has 0 spiro atoms. The number of imidazole rings is 1. The van der Waals surface area contributed by atoms with Crippen molar-refractivity contribution in [3.8, 4) is 5.69 Å². The van der Waals surface area contributed by atoms with Crippen LogP contribution in [0.25, 0.3) is 5.69 Å². The summed E-state index contributed by atoms with van der Waals surface area (Å²) in [5.74, 6) is -0.365. The van der Waals surface area contributed by atoms with Crippen molar-refractivity contribution in [2.45, 2.75) is 56.9 Å². The smallest absolute Gasteiger partial charge is 0.135 e. The average molecular weight is 435 g/mol. The van der Waals surface area contributed by atoms with Gasteiger partial charge in [0.2, 0.25) is 0 Å². The van der Waals surface area contributed by atoms with E-state index < -0.39 is 0 Å². The van der Waals surface area contributed by atoms with Gasteiger partial charge in [-0.15, -0.1) is 11.8 Å². The SMILES string of the molecule is C=N.CC1(C)CC(SC(=N)c2ccc(-n3ccnc3)cc2F)CC(C)(C)N1.CNC. The third kappa shape index (κ3) is 7.66. The Morgan fingerprint density at radius 2 is 1.80 bits per heavy atom. The van der Waals surface area contributed by atoms with E-state index in [0.29, 0.717) is 21.5 Å². The molecule has 2 heterocycles. The fraction of sp³-hybridized carbons (Fsp3) is 0.500. The van der Waals surface area contributed by atoms with Crippen LogP contribution in [0.5, 0.6) is 0 Å². The maximum atomic E-state index is 14.6. The summed E-state index contributed by atoms with van der Waals surface area (Å²) < 4.78 is 16.3. The van der Waals surface area contributed by atoms with Gasteiger partial charge in [-0.25, -0.2) is 9.37 Å². The first-order chi connectivity index (χ1) is 14.1. The highest BCUT2D eigenvalue weighted by Gasteiger charge is 2.38. The minimum absolute atomic E-state index is 0.0174. The van der Waals surface area contributed by atoms with Crippen LogP contribution in [-0.4, -0.2) is 51.7 Å². The Morgan fingerprint density at radius 1 is 1.23 bits per heavy atom. The largest absolute Gasteiger partial charge is 0.323 e. The Bertz CT molecular complexity index is 788. The lowest BCUT2D eigenvalue weighted by Crippen LogP contribution is -2.58. The van der Waals surface area contributed by atoms with Gasteiger partial charge in [-0.2, -0.15) is 0 Å². The molecule has 0 radical (unpaired) electrons. The molecule has 8 heteroatoms. The van der Waals surface area contributed by atoms with Crippen LogP contribution in [0.4, 0.5) is 4.39 Å². The van der Waals surface area contributed by atoms with E-state index in [0.717, 1.165) is 12.8 Å². The fourth-order valence-electron chi connectivity index (χ4n) is 3.80.